The van der Waals surface area contributed by atoms with Gasteiger partial charge < -0.3 is 20.6 Å². The zero-order valence-corrected chi connectivity index (χ0v) is 16.9. The zero-order chi connectivity index (χ0) is 21.4. The fourth-order valence-corrected chi connectivity index (χ4v) is 4.40. The molecule has 2 aromatic carbocycles. The largest absolute Gasteiger partial charge is 0.394 e. The van der Waals surface area contributed by atoms with E-state index in [1.54, 1.807) is 9.80 Å². The number of urea groups is 2. The minimum absolute atomic E-state index is 0.0214. The van der Waals surface area contributed by atoms with Crippen LogP contribution < -0.4 is 15.5 Å². The van der Waals surface area contributed by atoms with Gasteiger partial charge in [-0.1, -0.05) is 18.2 Å². The number of hydrogen-bond donors (Lipinski definition) is 3. The molecule has 3 atom stereocenters. The molecule has 8 heteroatoms. The molecule has 158 valence electrons. The van der Waals surface area contributed by atoms with Gasteiger partial charge in [-0.05, 0) is 49.7 Å². The van der Waals surface area contributed by atoms with Gasteiger partial charge in [0.2, 0.25) is 0 Å². The molecule has 7 nitrogen and oxygen atoms in total. The van der Waals surface area contributed by atoms with Crippen LogP contribution in [0.4, 0.5) is 25.4 Å². The van der Waals surface area contributed by atoms with Crippen LogP contribution in [-0.4, -0.2) is 53.3 Å². The van der Waals surface area contributed by atoms with Gasteiger partial charge in [0.15, 0.2) is 0 Å². The summed E-state index contributed by atoms with van der Waals surface area (Å²) in [5.41, 5.74) is 2.21. The summed E-state index contributed by atoms with van der Waals surface area (Å²) in [7, 11) is 0. The van der Waals surface area contributed by atoms with Crippen LogP contribution in [0.15, 0.2) is 48.5 Å². The number of carbonyl (C=O) groups excluding carboxylic acids is 2. The lowest BCUT2D eigenvalue weighted by Crippen LogP contribution is -2.71. The van der Waals surface area contributed by atoms with Crippen molar-refractivity contribution in [2.24, 2.45) is 0 Å². The lowest BCUT2D eigenvalue weighted by molar-refractivity contribution is -0.00197. The molecule has 4 amide bonds. The molecule has 1 fully saturated rings. The average molecular weight is 412 g/mol. The van der Waals surface area contributed by atoms with Gasteiger partial charge in [-0.3, -0.25) is 4.90 Å². The zero-order valence-electron chi connectivity index (χ0n) is 16.9. The predicted octanol–water partition coefficient (Wildman–Crippen LogP) is 3.12. The van der Waals surface area contributed by atoms with E-state index in [2.05, 4.69) is 10.6 Å². The van der Waals surface area contributed by atoms with E-state index in [1.165, 1.54) is 24.3 Å². The monoisotopic (exact) mass is 412 g/mol. The molecule has 0 radical (unpaired) electrons. The third-order valence-electron chi connectivity index (χ3n) is 5.67. The molecule has 30 heavy (non-hydrogen) atoms. The maximum absolute atomic E-state index is 13.1. The Bertz CT molecular complexity index is 950. The first-order valence-electron chi connectivity index (χ1n) is 10.0. The van der Waals surface area contributed by atoms with Crippen molar-refractivity contribution in [3.8, 4) is 0 Å². The van der Waals surface area contributed by atoms with Gasteiger partial charge in [-0.2, -0.15) is 0 Å². The van der Waals surface area contributed by atoms with E-state index in [-0.39, 0.29) is 42.5 Å². The highest BCUT2D eigenvalue weighted by molar-refractivity contribution is 5.96. The molecule has 0 aliphatic carbocycles. The summed E-state index contributed by atoms with van der Waals surface area (Å²) in [5, 5.41) is 15.7. The van der Waals surface area contributed by atoms with Gasteiger partial charge in [0.1, 0.15) is 5.82 Å². The number of nitrogens with one attached hydrogen (secondary N) is 2. The normalized spacial score (nSPS) is 22.1. The number of anilines is 2. The summed E-state index contributed by atoms with van der Waals surface area (Å²) in [6, 6.07) is 11.8. The van der Waals surface area contributed by atoms with E-state index in [0.717, 1.165) is 11.3 Å². The van der Waals surface area contributed by atoms with Crippen LogP contribution in [0.1, 0.15) is 25.3 Å². The number of hydrogen-bond acceptors (Lipinski definition) is 3. The molecule has 2 aromatic rings. The number of aliphatic hydroxyl groups is 1. The van der Waals surface area contributed by atoms with Crippen molar-refractivity contribution < 1.29 is 19.1 Å². The Labute approximate surface area is 174 Å². The summed E-state index contributed by atoms with van der Waals surface area (Å²) in [6.07, 6.45) is 0. The van der Waals surface area contributed by atoms with Gasteiger partial charge in [-0.15, -0.1) is 0 Å². The van der Waals surface area contributed by atoms with Crippen LogP contribution in [0.2, 0.25) is 0 Å². The summed E-state index contributed by atoms with van der Waals surface area (Å²) in [5.74, 6) is -0.450. The van der Waals surface area contributed by atoms with E-state index in [9.17, 15) is 19.1 Å². The third-order valence-corrected chi connectivity index (χ3v) is 5.67. The molecule has 0 aromatic heterocycles. The number of amides is 4. The summed E-state index contributed by atoms with van der Waals surface area (Å²) >= 11 is 0. The molecule has 0 bridgehead atoms. The molecule has 4 rings (SSSR count). The first-order chi connectivity index (χ1) is 14.4. The van der Waals surface area contributed by atoms with Crippen molar-refractivity contribution in [3.05, 3.63) is 59.9 Å². The number of fused-ring (bicyclic) bond motifs is 3. The molecule has 0 saturated carbocycles. The Balaban J connectivity index is 1.61. The second-order valence-corrected chi connectivity index (χ2v) is 7.96. The van der Waals surface area contributed by atoms with Crippen molar-refractivity contribution in [2.75, 3.05) is 23.4 Å². The minimum Gasteiger partial charge on any atom is -0.394 e. The van der Waals surface area contributed by atoms with Gasteiger partial charge >= 0.3 is 12.1 Å². The number of nitrogens with zero attached hydrogens (tertiary/aromatic N) is 2. The quantitative estimate of drug-likeness (QED) is 0.724. The first kappa shape index (κ1) is 20.2. The van der Waals surface area contributed by atoms with Crippen molar-refractivity contribution in [1.29, 1.82) is 0 Å². The van der Waals surface area contributed by atoms with Crippen LogP contribution in [0.25, 0.3) is 0 Å². The topological polar surface area (TPSA) is 84.9 Å². The first-order valence-corrected chi connectivity index (χ1v) is 10.0. The van der Waals surface area contributed by atoms with Gasteiger partial charge in [0.05, 0.1) is 18.7 Å². The second-order valence-electron chi connectivity index (χ2n) is 7.96. The lowest BCUT2D eigenvalue weighted by Gasteiger charge is -2.58. The van der Waals surface area contributed by atoms with Gasteiger partial charge in [0, 0.05) is 29.9 Å². The molecule has 1 saturated heterocycles. The Hall–Kier alpha value is -3.13. The van der Waals surface area contributed by atoms with E-state index in [1.807, 2.05) is 38.1 Å². The number of rotatable bonds is 3. The minimum atomic E-state index is -0.396. The van der Waals surface area contributed by atoms with Crippen molar-refractivity contribution in [1.82, 2.24) is 10.2 Å². The highest BCUT2D eigenvalue weighted by atomic mass is 19.1. The van der Waals surface area contributed by atoms with E-state index < -0.39 is 6.04 Å². The van der Waals surface area contributed by atoms with Crippen LogP contribution in [-0.2, 0) is 0 Å². The number of likely N-dealkylation sites (tertiary alicyclic amines) is 1. The Morgan fingerprint density at radius 2 is 1.83 bits per heavy atom. The molecule has 2 aliphatic heterocycles. The third kappa shape index (κ3) is 3.47. The summed E-state index contributed by atoms with van der Waals surface area (Å²) in [4.78, 5) is 29.0. The van der Waals surface area contributed by atoms with E-state index >= 15 is 0 Å². The number of halogens is 1. The molecular weight excluding hydrogens is 387 g/mol. The van der Waals surface area contributed by atoms with Crippen molar-refractivity contribution in [3.63, 3.8) is 0 Å². The lowest BCUT2D eigenvalue weighted by atomic mass is 9.72. The number of aliphatic hydroxyl groups excluding tert-OH is 1. The maximum atomic E-state index is 13.1. The smallest absolute Gasteiger partial charge is 0.322 e. The highest BCUT2D eigenvalue weighted by Crippen LogP contribution is 2.48. The second kappa shape index (κ2) is 7.95. The molecule has 2 heterocycles. The fraction of sp³-hybridized carbons (Fsp3) is 0.364. The molecular formula is C22H25FN4O3. The molecule has 3 N–H and O–H groups in total. The standard InChI is InChI=1S/C22H25FN4O3/c1-13(2)24-21(29)26-11-18-20(16-5-3-4-6-17(16)26)19(12-28)27(18)22(30)25-15-9-7-14(23)8-10-15/h3-10,13,18-20,28H,11-12H2,1-2H3,(H,24,29)(H,25,30)/t18-,19-,20+/m0/s1. The average Bonchev–Trinajstić information content (AvgIpc) is 2.69. The molecule has 0 spiro atoms. The van der Waals surface area contributed by atoms with E-state index in [4.69, 9.17) is 0 Å². The number of benzene rings is 2. The number of carbonyl (C=O) groups is 2. The van der Waals surface area contributed by atoms with Gasteiger partial charge in [0.25, 0.3) is 0 Å². The van der Waals surface area contributed by atoms with Crippen molar-refractivity contribution in [2.45, 2.75) is 37.9 Å². The van der Waals surface area contributed by atoms with Gasteiger partial charge in [-0.25, -0.2) is 14.0 Å². The molecule has 2 aliphatic rings. The number of para-hydroxylation sites is 1. The van der Waals surface area contributed by atoms with Crippen LogP contribution in [0, 0.1) is 5.82 Å². The van der Waals surface area contributed by atoms with Crippen molar-refractivity contribution >= 4 is 23.4 Å². The Morgan fingerprint density at radius 3 is 2.50 bits per heavy atom. The van der Waals surface area contributed by atoms with Crippen LogP contribution in [0.5, 0.6) is 0 Å². The SMILES string of the molecule is CC(C)NC(=O)N1C[C@H]2[C@@H](c3ccccc31)[C@H](CO)N2C(=O)Nc1ccc(F)cc1. The summed E-state index contributed by atoms with van der Waals surface area (Å²) in [6.45, 7) is 3.92. The maximum Gasteiger partial charge on any atom is 0.322 e. The molecule has 0 unspecified atom stereocenters. The predicted molar refractivity (Wildman–Crippen MR) is 112 cm³/mol. The summed E-state index contributed by atoms with van der Waals surface area (Å²) < 4.78 is 13.1. The Kier molecular flexibility index (Phi) is 5.34. The van der Waals surface area contributed by atoms with E-state index in [0.29, 0.717) is 12.2 Å². The van der Waals surface area contributed by atoms with Crippen LogP contribution >= 0.6 is 0 Å². The van der Waals surface area contributed by atoms with Crippen LogP contribution in [0.3, 0.4) is 0 Å². The highest BCUT2D eigenvalue weighted by Gasteiger charge is 2.55. The fourth-order valence-electron chi connectivity index (χ4n) is 4.40. The Morgan fingerprint density at radius 1 is 1.13 bits per heavy atom.